The minimum Gasteiger partial charge on any atom is -0.389 e. The first-order valence-electron chi connectivity index (χ1n) is 6.28. The van der Waals surface area contributed by atoms with Crippen molar-refractivity contribution in [2.75, 3.05) is 19.6 Å². The summed E-state index contributed by atoms with van der Waals surface area (Å²) in [4.78, 5) is 25.4. The van der Waals surface area contributed by atoms with E-state index in [1.54, 1.807) is 36.9 Å². The van der Waals surface area contributed by atoms with E-state index in [1.165, 1.54) is 0 Å². The Hall–Kier alpha value is -1.66. The predicted octanol–water partition coefficient (Wildman–Crippen LogP) is -0.262. The lowest BCUT2D eigenvalue weighted by atomic mass is 10.1. The lowest BCUT2D eigenvalue weighted by Gasteiger charge is -2.18. The zero-order chi connectivity index (χ0) is 14.0. The van der Waals surface area contributed by atoms with E-state index in [9.17, 15) is 14.7 Å². The third-order valence-corrected chi connectivity index (χ3v) is 3.33. The normalized spacial score (nSPS) is 23.5. The fraction of sp³-hybridized carbons (Fsp3) is 0.538. The maximum absolute atomic E-state index is 11.8. The first kappa shape index (κ1) is 13.8. The molecule has 6 heteroatoms. The van der Waals surface area contributed by atoms with E-state index in [1.807, 2.05) is 4.90 Å². The second-order valence-corrected chi connectivity index (χ2v) is 5.34. The molecule has 104 valence electrons. The van der Waals surface area contributed by atoms with Crippen LogP contribution in [0.2, 0.25) is 0 Å². The molecule has 2 N–H and O–H groups in total. The molecular weight excluding hydrogens is 246 g/mol. The maximum Gasteiger partial charge on any atom is 0.274 e. The Morgan fingerprint density at radius 1 is 1.53 bits per heavy atom. The van der Waals surface area contributed by atoms with Crippen LogP contribution in [0.5, 0.6) is 0 Å². The third kappa shape index (κ3) is 3.42. The zero-order valence-electron chi connectivity index (χ0n) is 11.2. The van der Waals surface area contributed by atoms with Crippen molar-refractivity contribution in [3.8, 4) is 0 Å². The minimum atomic E-state index is -0.734. The van der Waals surface area contributed by atoms with Crippen LogP contribution in [0.4, 0.5) is 0 Å². The van der Waals surface area contributed by atoms with Gasteiger partial charge in [-0.25, -0.2) is 0 Å². The van der Waals surface area contributed by atoms with E-state index in [4.69, 9.17) is 0 Å². The smallest absolute Gasteiger partial charge is 0.274 e. The molecule has 1 atom stereocenters. The lowest BCUT2D eigenvalue weighted by molar-refractivity contribution is -0.121. The van der Waals surface area contributed by atoms with Gasteiger partial charge >= 0.3 is 0 Å². The molecule has 1 aromatic heterocycles. The summed E-state index contributed by atoms with van der Waals surface area (Å²) in [6.45, 7) is 3.00. The van der Waals surface area contributed by atoms with E-state index in [-0.39, 0.29) is 12.5 Å². The van der Waals surface area contributed by atoms with Crippen LogP contribution in [0.3, 0.4) is 0 Å². The van der Waals surface area contributed by atoms with Crippen LogP contribution in [-0.2, 0) is 11.8 Å². The predicted molar refractivity (Wildman–Crippen MR) is 69.6 cm³/mol. The Balaban J connectivity index is 1.85. The number of rotatable bonds is 3. The zero-order valence-corrected chi connectivity index (χ0v) is 11.2. The quantitative estimate of drug-likeness (QED) is 0.789. The molecule has 0 aromatic carbocycles. The molecule has 0 spiro atoms. The van der Waals surface area contributed by atoms with E-state index in [0.717, 1.165) is 0 Å². The van der Waals surface area contributed by atoms with Crippen LogP contribution in [0.25, 0.3) is 0 Å². The fourth-order valence-corrected chi connectivity index (χ4v) is 2.30. The molecule has 1 aromatic rings. The molecule has 0 bridgehead atoms. The number of aromatic nitrogens is 1. The van der Waals surface area contributed by atoms with Crippen LogP contribution in [0, 0.1) is 0 Å². The van der Waals surface area contributed by atoms with Crippen molar-refractivity contribution in [3.05, 3.63) is 24.0 Å². The molecule has 1 saturated heterocycles. The largest absolute Gasteiger partial charge is 0.389 e. The first-order chi connectivity index (χ1) is 8.87. The van der Waals surface area contributed by atoms with Gasteiger partial charge in [0.25, 0.3) is 5.91 Å². The van der Waals surface area contributed by atoms with Gasteiger partial charge in [-0.15, -0.1) is 0 Å². The van der Waals surface area contributed by atoms with Crippen molar-refractivity contribution in [1.82, 2.24) is 14.8 Å². The number of amides is 2. The SMILES string of the molecule is Cn1cccc1C(=O)NC(=O)CN1CCC(C)(O)C1. The second kappa shape index (κ2) is 5.14. The van der Waals surface area contributed by atoms with Crippen LogP contribution >= 0.6 is 0 Å². The summed E-state index contributed by atoms with van der Waals surface area (Å²) in [7, 11) is 1.75. The number of nitrogens with zero attached hydrogens (tertiary/aromatic N) is 2. The van der Waals surface area contributed by atoms with Gasteiger partial charge in [-0.2, -0.15) is 0 Å². The maximum atomic E-state index is 11.8. The standard InChI is InChI=1S/C13H19N3O3/c1-13(19)5-7-16(9-13)8-11(17)14-12(18)10-4-3-6-15(10)2/h3-4,6,19H,5,7-9H2,1-2H3,(H,14,17,18). The molecule has 0 saturated carbocycles. The van der Waals surface area contributed by atoms with Crippen LogP contribution < -0.4 is 5.32 Å². The summed E-state index contributed by atoms with van der Waals surface area (Å²) >= 11 is 0. The van der Waals surface area contributed by atoms with Gasteiger partial charge in [0.2, 0.25) is 5.91 Å². The topological polar surface area (TPSA) is 74.6 Å². The average Bonchev–Trinajstić information content (AvgIpc) is 2.84. The van der Waals surface area contributed by atoms with Crippen LogP contribution in [0.15, 0.2) is 18.3 Å². The van der Waals surface area contributed by atoms with Crippen molar-refractivity contribution in [1.29, 1.82) is 0 Å². The highest BCUT2D eigenvalue weighted by molar-refractivity contribution is 6.04. The molecule has 2 heterocycles. The Bertz CT molecular complexity index is 493. The summed E-state index contributed by atoms with van der Waals surface area (Å²) < 4.78 is 1.66. The Morgan fingerprint density at radius 3 is 2.79 bits per heavy atom. The number of carbonyl (C=O) groups excluding carboxylic acids is 2. The average molecular weight is 265 g/mol. The Kier molecular flexibility index (Phi) is 3.73. The molecule has 1 fully saturated rings. The van der Waals surface area contributed by atoms with E-state index in [2.05, 4.69) is 5.32 Å². The van der Waals surface area contributed by atoms with E-state index >= 15 is 0 Å². The summed E-state index contributed by atoms with van der Waals surface area (Å²) in [5.41, 5.74) is -0.288. The number of imide groups is 1. The van der Waals surface area contributed by atoms with E-state index < -0.39 is 11.5 Å². The molecular formula is C13H19N3O3. The lowest BCUT2D eigenvalue weighted by Crippen LogP contribution is -2.41. The minimum absolute atomic E-state index is 0.131. The van der Waals surface area contributed by atoms with Crippen molar-refractivity contribution in [2.45, 2.75) is 18.9 Å². The van der Waals surface area contributed by atoms with Gasteiger partial charge in [-0.1, -0.05) is 0 Å². The molecule has 1 aliphatic rings. The second-order valence-electron chi connectivity index (χ2n) is 5.34. The Labute approximate surface area is 112 Å². The molecule has 0 aliphatic carbocycles. The van der Waals surface area contributed by atoms with E-state index in [0.29, 0.717) is 25.2 Å². The van der Waals surface area contributed by atoms with Gasteiger partial charge < -0.3 is 9.67 Å². The van der Waals surface area contributed by atoms with Crippen molar-refractivity contribution in [3.63, 3.8) is 0 Å². The van der Waals surface area contributed by atoms with Gasteiger partial charge in [0, 0.05) is 26.3 Å². The number of nitrogens with one attached hydrogen (secondary N) is 1. The molecule has 1 unspecified atom stereocenters. The van der Waals surface area contributed by atoms with Gasteiger partial charge in [0.1, 0.15) is 5.69 Å². The van der Waals surface area contributed by atoms with Crippen molar-refractivity contribution in [2.24, 2.45) is 7.05 Å². The number of carbonyl (C=O) groups is 2. The monoisotopic (exact) mass is 265 g/mol. The number of aryl methyl sites for hydroxylation is 1. The molecule has 19 heavy (non-hydrogen) atoms. The number of likely N-dealkylation sites (tertiary alicyclic amines) is 1. The first-order valence-corrected chi connectivity index (χ1v) is 6.28. The summed E-state index contributed by atoms with van der Waals surface area (Å²) in [6, 6.07) is 3.40. The number of hydrogen-bond acceptors (Lipinski definition) is 4. The Morgan fingerprint density at radius 2 is 2.26 bits per heavy atom. The third-order valence-electron chi connectivity index (χ3n) is 3.33. The fourth-order valence-electron chi connectivity index (χ4n) is 2.30. The summed E-state index contributed by atoms with van der Waals surface area (Å²) in [5, 5.41) is 12.2. The van der Waals surface area contributed by atoms with Gasteiger partial charge in [-0.05, 0) is 25.5 Å². The van der Waals surface area contributed by atoms with Gasteiger partial charge in [0.15, 0.2) is 0 Å². The highest BCUT2D eigenvalue weighted by Gasteiger charge is 2.32. The van der Waals surface area contributed by atoms with Gasteiger partial charge in [-0.3, -0.25) is 19.8 Å². The van der Waals surface area contributed by atoms with Crippen molar-refractivity contribution < 1.29 is 14.7 Å². The number of aliphatic hydroxyl groups is 1. The molecule has 2 amide bonds. The number of hydrogen-bond donors (Lipinski definition) is 2. The summed E-state index contributed by atoms with van der Waals surface area (Å²) in [5.74, 6) is -0.743. The van der Waals surface area contributed by atoms with Crippen LogP contribution in [0.1, 0.15) is 23.8 Å². The summed E-state index contributed by atoms with van der Waals surface area (Å²) in [6.07, 6.45) is 2.39. The van der Waals surface area contributed by atoms with Gasteiger partial charge in [0.05, 0.1) is 12.1 Å². The molecule has 6 nitrogen and oxygen atoms in total. The van der Waals surface area contributed by atoms with Crippen LogP contribution in [-0.4, -0.2) is 51.6 Å². The molecule has 0 radical (unpaired) electrons. The highest BCUT2D eigenvalue weighted by Crippen LogP contribution is 2.19. The highest BCUT2D eigenvalue weighted by atomic mass is 16.3. The van der Waals surface area contributed by atoms with Crippen molar-refractivity contribution >= 4 is 11.8 Å². The molecule has 1 aliphatic heterocycles. The number of β-amino-alcohol motifs (C(OH)–C–C–N with tert-alkyl or cyclic N) is 1. The molecule has 2 rings (SSSR count).